The molecule has 110 valence electrons. The van der Waals surface area contributed by atoms with E-state index in [-0.39, 0.29) is 0 Å². The summed E-state index contributed by atoms with van der Waals surface area (Å²) < 4.78 is 27.3. The van der Waals surface area contributed by atoms with E-state index in [9.17, 15) is 8.42 Å². The van der Waals surface area contributed by atoms with Crippen LogP contribution < -0.4 is 0 Å². The van der Waals surface area contributed by atoms with Crippen LogP contribution in [0.15, 0.2) is 57.3 Å². The summed E-state index contributed by atoms with van der Waals surface area (Å²) in [4.78, 5) is 0. The molecule has 0 fully saturated rings. The third-order valence-electron chi connectivity index (χ3n) is 3.76. The van der Waals surface area contributed by atoms with Crippen LogP contribution in [0.1, 0.15) is 13.3 Å². The number of halogens is 2. The second kappa shape index (κ2) is 5.14. The molecule has 0 amide bonds. The van der Waals surface area contributed by atoms with Crippen LogP contribution in [0.2, 0.25) is 0 Å². The van der Waals surface area contributed by atoms with Crippen molar-refractivity contribution in [2.45, 2.75) is 18.1 Å². The fourth-order valence-corrected chi connectivity index (χ4v) is 5.36. The minimum atomic E-state index is -3.57. The summed E-state index contributed by atoms with van der Waals surface area (Å²) in [5, 5.41) is 1.52. The molecule has 6 heteroatoms. The van der Waals surface area contributed by atoms with Gasteiger partial charge in [0.05, 0.1) is 5.52 Å². The molecule has 0 bridgehead atoms. The lowest BCUT2D eigenvalue weighted by Gasteiger charge is -2.29. The highest BCUT2D eigenvalue weighted by atomic mass is 127. The molecule has 1 aromatic heterocycles. The Morgan fingerprint density at radius 1 is 1.29 bits per heavy atom. The number of para-hydroxylation sites is 1. The van der Waals surface area contributed by atoms with E-state index in [0.29, 0.717) is 17.0 Å². The highest BCUT2D eigenvalue weighted by molar-refractivity contribution is 14.1. The maximum absolute atomic E-state index is 13.1. The maximum atomic E-state index is 13.1. The lowest BCUT2D eigenvalue weighted by atomic mass is 10.0. The molecule has 1 aliphatic carbocycles. The highest BCUT2D eigenvalue weighted by Gasteiger charge is 2.40. The van der Waals surface area contributed by atoms with Crippen molar-refractivity contribution in [3.63, 3.8) is 0 Å². The van der Waals surface area contributed by atoms with Crippen LogP contribution >= 0.6 is 34.2 Å². The number of aromatic nitrogens is 1. The summed E-state index contributed by atoms with van der Waals surface area (Å²) in [5.41, 5.74) is 0.697. The number of rotatable bonds is 2. The zero-order valence-corrected chi connectivity index (χ0v) is 15.0. The number of allylic oxidation sites excluding steroid dienone is 3. The lowest BCUT2D eigenvalue weighted by molar-refractivity contribution is 0.554. The van der Waals surface area contributed by atoms with Crippen molar-refractivity contribution in [2.75, 3.05) is 0 Å². The molecule has 0 saturated heterocycles. The number of hydrogen-bond donors (Lipinski definition) is 0. The predicted molar refractivity (Wildman–Crippen MR) is 95.3 cm³/mol. The smallest absolute Gasteiger partial charge is 0.244 e. The van der Waals surface area contributed by atoms with Gasteiger partial charge < -0.3 is 0 Å². The molecule has 1 aromatic carbocycles. The Kier molecular flexibility index (Phi) is 3.70. The quantitative estimate of drug-likeness (QED) is 0.658. The molecule has 0 spiro atoms. The summed E-state index contributed by atoms with van der Waals surface area (Å²) in [5.74, 6) is 0. The molecule has 3 nitrogen and oxygen atoms in total. The lowest BCUT2D eigenvalue weighted by Crippen LogP contribution is -2.38. The fraction of sp³-hybridized carbons (Fsp3) is 0.200. The van der Waals surface area contributed by atoms with Gasteiger partial charge in [-0.1, -0.05) is 35.9 Å². The van der Waals surface area contributed by atoms with Crippen molar-refractivity contribution in [3.05, 3.63) is 57.3 Å². The molecule has 0 N–H and O–H groups in total. The second-order valence-corrected chi connectivity index (χ2v) is 9.08. The van der Waals surface area contributed by atoms with Crippen LogP contribution in [0.4, 0.5) is 0 Å². The second-order valence-electron chi connectivity index (χ2n) is 5.24. The van der Waals surface area contributed by atoms with Crippen LogP contribution in [-0.2, 0) is 10.0 Å². The Bertz CT molecular complexity index is 882. The summed E-state index contributed by atoms with van der Waals surface area (Å²) in [7, 11) is -3.57. The Hall–Kier alpha value is -0.790. The van der Waals surface area contributed by atoms with Gasteiger partial charge in [-0.25, -0.2) is 12.4 Å². The monoisotopic (exact) mass is 433 g/mol. The predicted octanol–water partition coefficient (Wildman–Crippen LogP) is 4.42. The Morgan fingerprint density at radius 3 is 2.71 bits per heavy atom. The zero-order valence-electron chi connectivity index (χ0n) is 11.3. The molecular formula is C15H13ClINO2S. The molecule has 0 radical (unpaired) electrons. The molecule has 0 saturated carbocycles. The number of nitrogens with zero attached hydrogens (tertiary/aromatic N) is 1. The first kappa shape index (κ1) is 15.1. The summed E-state index contributed by atoms with van der Waals surface area (Å²) in [6.07, 6.45) is 5.49. The van der Waals surface area contributed by atoms with Crippen molar-refractivity contribution in [1.82, 2.24) is 3.97 Å². The van der Waals surface area contributed by atoms with E-state index < -0.39 is 14.8 Å². The average molecular weight is 434 g/mol. The normalized spacial score (nSPS) is 23.0. The molecule has 3 rings (SSSR count). The van der Waals surface area contributed by atoms with Crippen molar-refractivity contribution in [2.24, 2.45) is 0 Å². The molecule has 21 heavy (non-hydrogen) atoms. The van der Waals surface area contributed by atoms with Gasteiger partial charge in [0.2, 0.25) is 10.0 Å². The molecule has 1 unspecified atom stereocenters. The molecule has 0 aliphatic heterocycles. The zero-order chi connectivity index (χ0) is 15.3. The van der Waals surface area contributed by atoms with E-state index in [0.717, 1.165) is 8.97 Å². The van der Waals surface area contributed by atoms with Gasteiger partial charge in [0.1, 0.15) is 4.75 Å². The first-order valence-electron chi connectivity index (χ1n) is 6.41. The molecule has 1 aliphatic rings. The Balaban J connectivity index is 2.18. The fourth-order valence-electron chi connectivity index (χ4n) is 2.46. The Labute approximate surface area is 142 Å². The average Bonchev–Trinajstić information content (AvgIpc) is 2.87. The van der Waals surface area contributed by atoms with Gasteiger partial charge in [-0.3, -0.25) is 0 Å². The van der Waals surface area contributed by atoms with Crippen LogP contribution in [0.5, 0.6) is 0 Å². The van der Waals surface area contributed by atoms with Crippen molar-refractivity contribution >= 4 is 55.1 Å². The first-order chi connectivity index (χ1) is 9.85. The van der Waals surface area contributed by atoms with E-state index >= 15 is 0 Å². The van der Waals surface area contributed by atoms with E-state index in [4.69, 9.17) is 11.6 Å². The van der Waals surface area contributed by atoms with Gasteiger partial charge in [0.15, 0.2) is 0 Å². The van der Waals surface area contributed by atoms with E-state index in [2.05, 4.69) is 22.6 Å². The van der Waals surface area contributed by atoms with Crippen LogP contribution in [0, 0.1) is 0 Å². The van der Waals surface area contributed by atoms with E-state index in [1.54, 1.807) is 25.3 Å². The third kappa shape index (κ3) is 2.35. The van der Waals surface area contributed by atoms with Crippen LogP contribution in [0.25, 0.3) is 10.9 Å². The molecule has 1 atom stereocenters. The minimum absolute atomic E-state index is 0.368. The first-order valence-corrected chi connectivity index (χ1v) is 9.30. The van der Waals surface area contributed by atoms with Gasteiger partial charge in [-0.15, -0.1) is 0 Å². The number of benzene rings is 1. The summed E-state index contributed by atoms with van der Waals surface area (Å²) in [6.45, 7) is 1.73. The van der Waals surface area contributed by atoms with Crippen molar-refractivity contribution in [3.8, 4) is 0 Å². The van der Waals surface area contributed by atoms with Gasteiger partial charge in [-0.2, -0.15) is 0 Å². The highest BCUT2D eigenvalue weighted by Crippen LogP contribution is 2.38. The standard InChI is InChI=1S/C15H13ClINO2S/c1-15(8-6-12(16)13(17)10-15)21(19,20)18-9-7-11-4-2-3-5-14(11)18/h2-7,9-10H,8H2,1H3. The Morgan fingerprint density at radius 2 is 2.00 bits per heavy atom. The van der Waals surface area contributed by atoms with Gasteiger partial charge in [0, 0.05) is 20.2 Å². The molecular weight excluding hydrogens is 421 g/mol. The number of fused-ring (bicyclic) bond motifs is 1. The SMILES string of the molecule is CC1(S(=O)(=O)n2ccc3ccccc32)C=C(I)C(Cl)=CC1. The third-order valence-corrected chi connectivity index (χ3v) is 7.63. The maximum Gasteiger partial charge on any atom is 0.248 e. The van der Waals surface area contributed by atoms with Crippen LogP contribution in [-0.4, -0.2) is 17.1 Å². The van der Waals surface area contributed by atoms with Crippen molar-refractivity contribution in [1.29, 1.82) is 0 Å². The summed E-state index contributed by atoms with van der Waals surface area (Å²) >= 11 is 8.12. The van der Waals surface area contributed by atoms with Crippen molar-refractivity contribution < 1.29 is 8.42 Å². The summed E-state index contributed by atoms with van der Waals surface area (Å²) in [6, 6.07) is 9.27. The van der Waals surface area contributed by atoms with Crippen LogP contribution in [0.3, 0.4) is 0 Å². The molecule has 2 aromatic rings. The van der Waals surface area contributed by atoms with Gasteiger partial charge in [-0.05, 0) is 54.1 Å². The van der Waals surface area contributed by atoms with Gasteiger partial charge >= 0.3 is 0 Å². The molecule has 1 heterocycles. The number of hydrogen-bond acceptors (Lipinski definition) is 2. The largest absolute Gasteiger partial charge is 0.248 e. The van der Waals surface area contributed by atoms with E-state index in [1.807, 2.05) is 30.3 Å². The topological polar surface area (TPSA) is 39.1 Å². The van der Waals surface area contributed by atoms with Gasteiger partial charge in [0.25, 0.3) is 0 Å². The minimum Gasteiger partial charge on any atom is -0.244 e. The van der Waals surface area contributed by atoms with E-state index in [1.165, 1.54) is 3.97 Å².